The van der Waals surface area contributed by atoms with E-state index in [0.717, 1.165) is 6.42 Å². The quantitative estimate of drug-likeness (QED) is 0.785. The van der Waals surface area contributed by atoms with Crippen LogP contribution >= 0.6 is 0 Å². The van der Waals surface area contributed by atoms with Gasteiger partial charge in [-0.05, 0) is 20.3 Å². The first kappa shape index (κ1) is 17.5. The van der Waals surface area contributed by atoms with Crippen molar-refractivity contribution in [3.05, 3.63) is 0 Å². The van der Waals surface area contributed by atoms with Crippen molar-refractivity contribution in [2.24, 2.45) is 0 Å². The van der Waals surface area contributed by atoms with Crippen molar-refractivity contribution in [2.75, 3.05) is 13.1 Å². The van der Waals surface area contributed by atoms with Crippen molar-refractivity contribution < 1.29 is 27.9 Å². The Morgan fingerprint density at radius 2 is 1.79 bits per heavy atom. The van der Waals surface area contributed by atoms with Crippen LogP contribution in [0.3, 0.4) is 0 Å². The number of amides is 2. The van der Waals surface area contributed by atoms with Crippen LogP contribution in [-0.4, -0.2) is 46.8 Å². The number of carboxylic acids is 1. The van der Waals surface area contributed by atoms with E-state index in [1.165, 1.54) is 0 Å². The van der Waals surface area contributed by atoms with Gasteiger partial charge in [0.2, 0.25) is 0 Å². The van der Waals surface area contributed by atoms with E-state index in [2.05, 4.69) is 5.32 Å². The fourth-order valence-corrected chi connectivity index (χ4v) is 1.64. The molecule has 0 unspecified atom stereocenters. The third kappa shape index (κ3) is 8.28. The highest BCUT2D eigenvalue weighted by Crippen LogP contribution is 2.17. The summed E-state index contributed by atoms with van der Waals surface area (Å²) in [5.41, 5.74) is -0.686. The molecule has 0 spiro atoms. The van der Waals surface area contributed by atoms with Crippen LogP contribution in [0.4, 0.5) is 18.0 Å². The molecule has 0 bridgehead atoms. The minimum atomic E-state index is -4.64. The molecule has 0 aliphatic rings. The molecule has 0 aromatic heterocycles. The summed E-state index contributed by atoms with van der Waals surface area (Å²) in [6.07, 6.45) is -3.32. The van der Waals surface area contributed by atoms with Crippen molar-refractivity contribution in [1.82, 2.24) is 10.2 Å². The lowest BCUT2D eigenvalue weighted by molar-refractivity contribution is -0.149. The molecule has 0 aromatic rings. The van der Waals surface area contributed by atoms with Crippen LogP contribution in [0.2, 0.25) is 0 Å². The summed E-state index contributed by atoms with van der Waals surface area (Å²) in [5.74, 6) is -1.49. The van der Waals surface area contributed by atoms with Gasteiger partial charge in [-0.25, -0.2) is 4.79 Å². The molecule has 0 aliphatic carbocycles. The Balaban J connectivity index is 4.76. The van der Waals surface area contributed by atoms with Crippen molar-refractivity contribution in [3.8, 4) is 0 Å². The predicted molar refractivity (Wildman–Crippen MR) is 62.8 cm³/mol. The van der Waals surface area contributed by atoms with Crippen LogP contribution in [-0.2, 0) is 4.79 Å². The number of nitrogens with zero attached hydrogens (tertiary/aromatic N) is 1. The van der Waals surface area contributed by atoms with E-state index in [4.69, 9.17) is 5.11 Å². The maximum absolute atomic E-state index is 12.3. The number of hydrogen-bond donors (Lipinski definition) is 2. The first-order chi connectivity index (χ1) is 8.47. The average molecular weight is 284 g/mol. The molecular formula is C11H19F3N2O3. The van der Waals surface area contributed by atoms with Gasteiger partial charge in [-0.2, -0.15) is 13.2 Å². The second kappa shape index (κ2) is 6.63. The first-order valence-electron chi connectivity index (χ1n) is 5.82. The number of aliphatic carboxylic acids is 1. The number of hydrogen-bond acceptors (Lipinski definition) is 2. The van der Waals surface area contributed by atoms with Gasteiger partial charge in [-0.1, -0.05) is 13.3 Å². The summed E-state index contributed by atoms with van der Waals surface area (Å²) >= 11 is 0. The van der Waals surface area contributed by atoms with E-state index in [0.29, 0.717) is 6.42 Å². The number of rotatable bonds is 6. The van der Waals surface area contributed by atoms with E-state index in [-0.39, 0.29) is 4.90 Å². The van der Waals surface area contributed by atoms with Crippen LogP contribution in [0, 0.1) is 0 Å². The van der Waals surface area contributed by atoms with Gasteiger partial charge >= 0.3 is 18.2 Å². The molecule has 112 valence electrons. The monoisotopic (exact) mass is 284 g/mol. The molecule has 0 saturated carbocycles. The maximum Gasteiger partial charge on any atom is 0.406 e. The van der Waals surface area contributed by atoms with Gasteiger partial charge in [0.25, 0.3) is 0 Å². The average Bonchev–Trinajstić information content (AvgIpc) is 2.12. The first-order valence-corrected chi connectivity index (χ1v) is 5.82. The highest BCUT2D eigenvalue weighted by atomic mass is 19.4. The molecule has 0 radical (unpaired) electrons. The van der Waals surface area contributed by atoms with Gasteiger partial charge in [0.05, 0.1) is 0 Å². The molecule has 0 saturated heterocycles. The molecule has 0 atom stereocenters. The zero-order valence-corrected chi connectivity index (χ0v) is 11.2. The number of nitrogens with one attached hydrogen (secondary N) is 1. The Bertz CT molecular complexity index is 330. The summed E-state index contributed by atoms with van der Waals surface area (Å²) < 4.78 is 36.8. The Kier molecular flexibility index (Phi) is 6.11. The van der Waals surface area contributed by atoms with E-state index >= 15 is 0 Å². The van der Waals surface area contributed by atoms with Crippen molar-refractivity contribution >= 4 is 12.0 Å². The zero-order chi connectivity index (χ0) is 15.3. The second-order valence-electron chi connectivity index (χ2n) is 4.93. The van der Waals surface area contributed by atoms with Gasteiger partial charge in [-0.15, -0.1) is 0 Å². The lowest BCUT2D eigenvalue weighted by Crippen LogP contribution is -2.53. The van der Waals surface area contributed by atoms with Gasteiger partial charge < -0.3 is 15.3 Å². The molecule has 0 aliphatic heterocycles. The normalized spacial score (nSPS) is 12.1. The molecular weight excluding hydrogens is 265 g/mol. The lowest BCUT2D eigenvalue weighted by Gasteiger charge is -2.30. The van der Waals surface area contributed by atoms with Crippen LogP contribution in [0.1, 0.15) is 33.6 Å². The largest absolute Gasteiger partial charge is 0.480 e. The standard InChI is InChI=1S/C11H19F3N2O3/c1-4-5-10(2,3)15-9(19)16(6-8(17)18)7-11(12,13)14/h4-7H2,1-3H3,(H,15,19)(H,17,18). The number of halogens is 3. The molecule has 0 heterocycles. The number of carbonyl (C=O) groups excluding carboxylic acids is 1. The Labute approximate surface area is 109 Å². The predicted octanol–water partition coefficient (Wildman–Crippen LogP) is 2.22. The van der Waals surface area contributed by atoms with E-state index in [1.807, 2.05) is 6.92 Å². The molecule has 2 N–H and O–H groups in total. The fraction of sp³-hybridized carbons (Fsp3) is 0.818. The lowest BCUT2D eigenvalue weighted by atomic mass is 9.99. The smallest absolute Gasteiger partial charge is 0.406 e. The fourth-order valence-electron chi connectivity index (χ4n) is 1.64. The molecule has 19 heavy (non-hydrogen) atoms. The van der Waals surface area contributed by atoms with Crippen LogP contribution in [0.15, 0.2) is 0 Å². The van der Waals surface area contributed by atoms with Crippen molar-refractivity contribution in [1.29, 1.82) is 0 Å². The minimum Gasteiger partial charge on any atom is -0.480 e. The maximum atomic E-state index is 12.3. The Morgan fingerprint density at radius 3 is 2.16 bits per heavy atom. The van der Waals surface area contributed by atoms with Crippen molar-refractivity contribution in [2.45, 2.75) is 45.3 Å². The second-order valence-corrected chi connectivity index (χ2v) is 4.93. The number of carboxylic acid groups (broad SMARTS) is 1. The number of alkyl halides is 3. The summed E-state index contributed by atoms with van der Waals surface area (Å²) in [4.78, 5) is 22.4. The molecule has 2 amide bonds. The molecule has 0 rings (SSSR count). The van der Waals surface area contributed by atoms with Crippen LogP contribution in [0.25, 0.3) is 0 Å². The Morgan fingerprint density at radius 1 is 1.26 bits per heavy atom. The molecule has 0 aromatic carbocycles. The molecule has 5 nitrogen and oxygen atoms in total. The topological polar surface area (TPSA) is 69.6 Å². The zero-order valence-electron chi connectivity index (χ0n) is 11.2. The SMILES string of the molecule is CCCC(C)(C)NC(=O)N(CC(=O)O)CC(F)(F)F. The minimum absolute atomic E-state index is 0.236. The third-order valence-electron chi connectivity index (χ3n) is 2.30. The highest BCUT2D eigenvalue weighted by molar-refractivity contribution is 5.80. The molecule has 0 fully saturated rings. The van der Waals surface area contributed by atoms with Crippen LogP contribution in [0.5, 0.6) is 0 Å². The van der Waals surface area contributed by atoms with Gasteiger partial charge in [0.1, 0.15) is 13.1 Å². The molecule has 8 heteroatoms. The third-order valence-corrected chi connectivity index (χ3v) is 2.30. The van der Waals surface area contributed by atoms with Gasteiger partial charge in [0, 0.05) is 5.54 Å². The van der Waals surface area contributed by atoms with Gasteiger partial charge in [-0.3, -0.25) is 4.79 Å². The summed E-state index contributed by atoms with van der Waals surface area (Å²) in [5, 5.41) is 11.0. The Hall–Kier alpha value is -1.47. The van der Waals surface area contributed by atoms with Gasteiger partial charge in [0.15, 0.2) is 0 Å². The number of urea groups is 1. The van der Waals surface area contributed by atoms with Crippen molar-refractivity contribution in [3.63, 3.8) is 0 Å². The van der Waals surface area contributed by atoms with E-state index in [1.54, 1.807) is 13.8 Å². The highest BCUT2D eigenvalue weighted by Gasteiger charge is 2.35. The van der Waals surface area contributed by atoms with E-state index in [9.17, 15) is 22.8 Å². The summed E-state index contributed by atoms with van der Waals surface area (Å²) in [7, 11) is 0. The summed E-state index contributed by atoms with van der Waals surface area (Å²) in [6, 6.07) is -1.03. The van der Waals surface area contributed by atoms with Crippen LogP contribution < -0.4 is 5.32 Å². The number of carbonyl (C=O) groups is 2. The summed E-state index contributed by atoms with van der Waals surface area (Å²) in [6.45, 7) is 2.63. The van der Waals surface area contributed by atoms with E-state index < -0.39 is 36.8 Å².